The number of aromatic nitrogens is 2. The fraction of sp³-hybridized carbons (Fsp3) is 0.381. The summed E-state index contributed by atoms with van der Waals surface area (Å²) in [5.41, 5.74) is 2.63. The summed E-state index contributed by atoms with van der Waals surface area (Å²) < 4.78 is 0. The van der Waals surface area contributed by atoms with Crippen molar-refractivity contribution in [3.05, 3.63) is 53.2 Å². The van der Waals surface area contributed by atoms with Gasteiger partial charge in [0, 0.05) is 39.8 Å². The first-order valence-corrected chi connectivity index (χ1v) is 10.4. The van der Waals surface area contributed by atoms with Crippen molar-refractivity contribution < 1.29 is 4.79 Å². The molecule has 0 atom stereocenters. The SMILES string of the molecule is Cc1cccc(CN2CCN(C(=O)CN(C)c3ncnc4sccc34)CC2)c1. The monoisotopic (exact) mass is 395 g/mol. The number of hydrogen-bond donors (Lipinski definition) is 0. The topological polar surface area (TPSA) is 52.6 Å². The molecule has 0 N–H and O–H groups in total. The molecular weight excluding hydrogens is 370 g/mol. The second-order valence-corrected chi connectivity index (χ2v) is 8.23. The van der Waals surface area contributed by atoms with Crippen molar-refractivity contribution in [3.63, 3.8) is 0 Å². The zero-order chi connectivity index (χ0) is 19.5. The molecule has 0 bridgehead atoms. The molecule has 146 valence electrons. The van der Waals surface area contributed by atoms with Gasteiger partial charge in [-0.15, -0.1) is 11.3 Å². The fourth-order valence-electron chi connectivity index (χ4n) is 3.68. The third-order valence-electron chi connectivity index (χ3n) is 5.19. The maximum Gasteiger partial charge on any atom is 0.242 e. The molecule has 0 unspecified atom stereocenters. The van der Waals surface area contributed by atoms with Crippen LogP contribution in [0, 0.1) is 6.92 Å². The number of amides is 1. The maximum atomic E-state index is 12.8. The van der Waals surface area contributed by atoms with E-state index < -0.39 is 0 Å². The summed E-state index contributed by atoms with van der Waals surface area (Å²) in [5, 5.41) is 3.01. The molecule has 4 rings (SSSR count). The van der Waals surface area contributed by atoms with E-state index in [0.717, 1.165) is 48.8 Å². The van der Waals surface area contributed by atoms with Crippen molar-refractivity contribution in [3.8, 4) is 0 Å². The number of rotatable bonds is 5. The van der Waals surface area contributed by atoms with Gasteiger partial charge in [0.15, 0.2) is 0 Å². The van der Waals surface area contributed by atoms with Crippen LogP contribution in [0.4, 0.5) is 5.82 Å². The van der Waals surface area contributed by atoms with Gasteiger partial charge in [-0.1, -0.05) is 29.8 Å². The molecule has 6 nitrogen and oxygen atoms in total. The zero-order valence-electron chi connectivity index (χ0n) is 16.3. The second-order valence-electron chi connectivity index (χ2n) is 7.34. The smallest absolute Gasteiger partial charge is 0.242 e. The van der Waals surface area contributed by atoms with Gasteiger partial charge in [-0.05, 0) is 23.9 Å². The molecule has 7 heteroatoms. The average molecular weight is 396 g/mol. The Morgan fingerprint density at radius 1 is 1.18 bits per heavy atom. The van der Waals surface area contributed by atoms with E-state index in [-0.39, 0.29) is 5.91 Å². The molecule has 28 heavy (non-hydrogen) atoms. The van der Waals surface area contributed by atoms with E-state index >= 15 is 0 Å². The van der Waals surface area contributed by atoms with E-state index in [0.29, 0.717) is 6.54 Å². The summed E-state index contributed by atoms with van der Waals surface area (Å²) in [6.45, 7) is 6.77. The summed E-state index contributed by atoms with van der Waals surface area (Å²) in [4.78, 5) is 28.7. The Balaban J connectivity index is 1.32. The molecule has 0 radical (unpaired) electrons. The first kappa shape index (κ1) is 18.8. The minimum atomic E-state index is 0.152. The molecule has 3 aromatic rings. The second kappa shape index (κ2) is 8.24. The lowest BCUT2D eigenvalue weighted by Crippen LogP contribution is -2.50. The van der Waals surface area contributed by atoms with Crippen molar-refractivity contribution in [2.45, 2.75) is 13.5 Å². The van der Waals surface area contributed by atoms with Gasteiger partial charge < -0.3 is 9.80 Å². The number of piperazine rings is 1. The lowest BCUT2D eigenvalue weighted by Gasteiger charge is -2.35. The molecule has 0 spiro atoms. The highest BCUT2D eigenvalue weighted by atomic mass is 32.1. The number of hydrogen-bond acceptors (Lipinski definition) is 6. The van der Waals surface area contributed by atoms with Crippen LogP contribution < -0.4 is 4.90 Å². The number of aryl methyl sites for hydroxylation is 1. The fourth-order valence-corrected chi connectivity index (χ4v) is 4.41. The number of nitrogens with zero attached hydrogens (tertiary/aromatic N) is 5. The van der Waals surface area contributed by atoms with Gasteiger partial charge >= 0.3 is 0 Å². The lowest BCUT2D eigenvalue weighted by atomic mass is 10.1. The zero-order valence-corrected chi connectivity index (χ0v) is 17.2. The number of fused-ring (bicyclic) bond motifs is 1. The van der Waals surface area contributed by atoms with Crippen LogP contribution in [0.3, 0.4) is 0 Å². The van der Waals surface area contributed by atoms with Crippen LogP contribution in [-0.2, 0) is 11.3 Å². The summed E-state index contributed by atoms with van der Waals surface area (Å²) in [7, 11) is 1.92. The Morgan fingerprint density at radius 2 is 2.00 bits per heavy atom. The van der Waals surface area contributed by atoms with E-state index in [4.69, 9.17) is 0 Å². The van der Waals surface area contributed by atoms with Gasteiger partial charge in [-0.3, -0.25) is 9.69 Å². The number of benzene rings is 1. The number of carbonyl (C=O) groups is 1. The van der Waals surface area contributed by atoms with Gasteiger partial charge in [-0.2, -0.15) is 0 Å². The van der Waals surface area contributed by atoms with Crippen LogP contribution in [0.5, 0.6) is 0 Å². The van der Waals surface area contributed by atoms with Crippen LogP contribution in [0.1, 0.15) is 11.1 Å². The summed E-state index contributed by atoms with van der Waals surface area (Å²) in [5.74, 6) is 0.970. The molecule has 0 aliphatic carbocycles. The summed E-state index contributed by atoms with van der Waals surface area (Å²) in [6, 6.07) is 10.7. The highest BCUT2D eigenvalue weighted by Crippen LogP contribution is 2.25. The Hall–Kier alpha value is -2.51. The predicted octanol–water partition coefficient (Wildman–Crippen LogP) is 2.78. The minimum Gasteiger partial charge on any atom is -0.350 e. The van der Waals surface area contributed by atoms with E-state index in [1.807, 2.05) is 28.3 Å². The number of anilines is 1. The first-order chi connectivity index (χ1) is 13.6. The number of thiophene rings is 1. The maximum absolute atomic E-state index is 12.8. The molecular formula is C21H25N5OS. The van der Waals surface area contributed by atoms with Crippen molar-refractivity contribution in [1.82, 2.24) is 19.8 Å². The van der Waals surface area contributed by atoms with Crippen molar-refractivity contribution in [1.29, 1.82) is 0 Å². The van der Waals surface area contributed by atoms with E-state index in [9.17, 15) is 4.79 Å². The molecule has 1 fully saturated rings. The lowest BCUT2D eigenvalue weighted by molar-refractivity contribution is -0.131. The van der Waals surface area contributed by atoms with Gasteiger partial charge in [0.05, 0.1) is 11.9 Å². The number of likely N-dealkylation sites (N-methyl/N-ethyl adjacent to an activating group) is 1. The standard InChI is InChI=1S/C21H25N5OS/c1-16-4-3-5-17(12-16)13-25-7-9-26(10-8-25)19(27)14-24(2)20-18-6-11-28-21(18)23-15-22-20/h3-6,11-12,15H,7-10,13-14H2,1-2H3. The minimum absolute atomic E-state index is 0.152. The van der Waals surface area contributed by atoms with Gasteiger partial charge in [0.1, 0.15) is 17.0 Å². The average Bonchev–Trinajstić information content (AvgIpc) is 3.17. The third-order valence-corrected chi connectivity index (χ3v) is 6.01. The molecule has 1 saturated heterocycles. The van der Waals surface area contributed by atoms with E-state index in [2.05, 4.69) is 46.1 Å². The van der Waals surface area contributed by atoms with Crippen LogP contribution in [-0.4, -0.2) is 65.4 Å². The van der Waals surface area contributed by atoms with E-state index in [1.165, 1.54) is 11.1 Å². The quantitative estimate of drug-likeness (QED) is 0.665. The summed E-state index contributed by atoms with van der Waals surface area (Å²) in [6.07, 6.45) is 1.57. The first-order valence-electron chi connectivity index (χ1n) is 9.55. The molecule has 2 aromatic heterocycles. The largest absolute Gasteiger partial charge is 0.350 e. The van der Waals surface area contributed by atoms with Crippen LogP contribution >= 0.6 is 11.3 Å². The molecule has 1 aromatic carbocycles. The highest BCUT2D eigenvalue weighted by molar-refractivity contribution is 7.16. The van der Waals surface area contributed by atoms with Crippen LogP contribution in [0.2, 0.25) is 0 Å². The Morgan fingerprint density at radius 3 is 2.79 bits per heavy atom. The van der Waals surface area contributed by atoms with Crippen molar-refractivity contribution in [2.75, 3.05) is 44.7 Å². The molecule has 1 amide bonds. The van der Waals surface area contributed by atoms with Gasteiger partial charge in [0.2, 0.25) is 5.91 Å². The third kappa shape index (κ3) is 4.15. The van der Waals surface area contributed by atoms with Crippen LogP contribution in [0.25, 0.3) is 10.2 Å². The number of carbonyl (C=O) groups excluding carboxylic acids is 1. The molecule has 0 saturated carbocycles. The predicted molar refractivity (Wildman–Crippen MR) is 114 cm³/mol. The van der Waals surface area contributed by atoms with Crippen molar-refractivity contribution >= 4 is 33.3 Å². The van der Waals surface area contributed by atoms with Crippen LogP contribution in [0.15, 0.2) is 42.0 Å². The Labute approximate surface area is 169 Å². The van der Waals surface area contributed by atoms with Gasteiger partial charge in [-0.25, -0.2) is 9.97 Å². The molecule has 1 aliphatic heterocycles. The Kier molecular flexibility index (Phi) is 5.54. The normalized spacial score (nSPS) is 15.1. The highest BCUT2D eigenvalue weighted by Gasteiger charge is 2.23. The van der Waals surface area contributed by atoms with Gasteiger partial charge in [0.25, 0.3) is 0 Å². The Bertz CT molecular complexity index is 964. The summed E-state index contributed by atoms with van der Waals surface area (Å²) >= 11 is 1.59. The molecule has 3 heterocycles. The molecule has 1 aliphatic rings. The van der Waals surface area contributed by atoms with Crippen molar-refractivity contribution in [2.24, 2.45) is 0 Å². The van der Waals surface area contributed by atoms with E-state index in [1.54, 1.807) is 17.7 Å².